The fourth-order valence-electron chi connectivity index (χ4n) is 2.30. The van der Waals surface area contributed by atoms with Gasteiger partial charge in [0.05, 0.1) is 18.0 Å². The van der Waals surface area contributed by atoms with Crippen molar-refractivity contribution < 1.29 is 14.1 Å². The molecule has 0 spiro atoms. The fourth-order valence-corrected chi connectivity index (χ4v) is 2.74. The molecular formula is C16H15O3P. The number of carbonyl (C=O) groups excluding carboxylic acids is 1. The Kier molecular flexibility index (Phi) is 4.31. The predicted octanol–water partition coefficient (Wildman–Crippen LogP) is 3.46. The second-order valence-electron chi connectivity index (χ2n) is 4.55. The maximum absolute atomic E-state index is 12.8. The van der Waals surface area contributed by atoms with E-state index in [2.05, 4.69) is 0 Å². The number of rotatable bonds is 4. The van der Waals surface area contributed by atoms with Crippen molar-refractivity contribution in [1.29, 1.82) is 0 Å². The number of benzene rings is 2. The zero-order valence-corrected chi connectivity index (χ0v) is 12.5. The van der Waals surface area contributed by atoms with E-state index in [1.165, 1.54) is 7.11 Å². The SMILES string of the molecule is COc1c(P=O)cccc1C(=O)c1c(C)cccc1C. The molecule has 0 aliphatic rings. The topological polar surface area (TPSA) is 43.4 Å². The van der Waals surface area contributed by atoms with Gasteiger partial charge >= 0.3 is 0 Å². The van der Waals surface area contributed by atoms with Gasteiger partial charge in [0.2, 0.25) is 0 Å². The van der Waals surface area contributed by atoms with Crippen molar-refractivity contribution in [1.82, 2.24) is 0 Å². The van der Waals surface area contributed by atoms with Crippen LogP contribution in [-0.2, 0) is 4.57 Å². The number of ketones is 1. The van der Waals surface area contributed by atoms with Crippen molar-refractivity contribution in [2.75, 3.05) is 7.11 Å². The summed E-state index contributed by atoms with van der Waals surface area (Å²) >= 11 is 0. The van der Waals surface area contributed by atoms with Gasteiger partial charge in [0, 0.05) is 5.56 Å². The van der Waals surface area contributed by atoms with Crippen LogP contribution < -0.4 is 10.0 Å². The highest BCUT2D eigenvalue weighted by Gasteiger charge is 2.20. The van der Waals surface area contributed by atoms with Crippen LogP contribution in [-0.4, -0.2) is 12.9 Å². The van der Waals surface area contributed by atoms with Crippen molar-refractivity contribution in [3.8, 4) is 5.75 Å². The first-order chi connectivity index (χ1) is 9.60. The molecule has 0 aliphatic carbocycles. The van der Waals surface area contributed by atoms with E-state index in [-0.39, 0.29) is 14.2 Å². The van der Waals surface area contributed by atoms with E-state index in [0.29, 0.717) is 22.2 Å². The molecule has 0 radical (unpaired) electrons. The van der Waals surface area contributed by atoms with Crippen LogP contribution in [0.4, 0.5) is 0 Å². The molecule has 0 N–H and O–H groups in total. The summed E-state index contributed by atoms with van der Waals surface area (Å²) in [4.78, 5) is 12.8. The number of hydrogen-bond acceptors (Lipinski definition) is 3. The number of ether oxygens (including phenoxy) is 1. The van der Waals surface area contributed by atoms with E-state index >= 15 is 0 Å². The molecule has 0 amide bonds. The van der Waals surface area contributed by atoms with Crippen LogP contribution in [0.1, 0.15) is 27.0 Å². The van der Waals surface area contributed by atoms with Crippen LogP contribution in [0, 0.1) is 13.8 Å². The Bertz CT molecular complexity index is 657. The summed E-state index contributed by atoms with van der Waals surface area (Å²) in [5.41, 5.74) is 2.94. The van der Waals surface area contributed by atoms with Crippen LogP contribution in [0.25, 0.3) is 0 Å². The van der Waals surface area contributed by atoms with Gasteiger partial charge in [0.1, 0.15) is 5.75 Å². The molecule has 2 aromatic carbocycles. The molecular weight excluding hydrogens is 271 g/mol. The van der Waals surface area contributed by atoms with Gasteiger partial charge in [0.15, 0.2) is 14.2 Å². The summed E-state index contributed by atoms with van der Waals surface area (Å²) in [7, 11) is 1.32. The molecule has 0 bridgehead atoms. The average molecular weight is 286 g/mol. The Hall–Kier alpha value is -1.99. The van der Waals surface area contributed by atoms with Gasteiger partial charge in [-0.15, -0.1) is 0 Å². The minimum absolute atomic E-state index is 0.108. The Morgan fingerprint density at radius 1 is 1.05 bits per heavy atom. The highest BCUT2D eigenvalue weighted by atomic mass is 31.1. The van der Waals surface area contributed by atoms with Crippen molar-refractivity contribution >= 4 is 19.5 Å². The molecule has 3 nitrogen and oxygen atoms in total. The smallest absolute Gasteiger partial charge is 0.197 e. The third-order valence-electron chi connectivity index (χ3n) is 3.25. The summed E-state index contributed by atoms with van der Waals surface area (Å²) in [6, 6.07) is 10.8. The molecule has 4 heteroatoms. The zero-order chi connectivity index (χ0) is 14.7. The Balaban J connectivity index is 2.63. The first kappa shape index (κ1) is 14.4. The monoisotopic (exact) mass is 286 g/mol. The maximum Gasteiger partial charge on any atom is 0.197 e. The molecule has 0 unspecified atom stereocenters. The first-order valence-corrected chi connectivity index (χ1v) is 7.02. The minimum atomic E-state index is -0.161. The number of hydrogen-bond donors (Lipinski definition) is 0. The lowest BCUT2D eigenvalue weighted by Crippen LogP contribution is -2.11. The molecule has 0 fully saturated rings. The third kappa shape index (κ3) is 2.50. The molecule has 102 valence electrons. The number of methoxy groups -OCH3 is 1. The van der Waals surface area contributed by atoms with Crippen molar-refractivity contribution in [3.05, 3.63) is 58.7 Å². The molecule has 2 aromatic rings. The van der Waals surface area contributed by atoms with Gasteiger partial charge < -0.3 is 4.74 Å². The number of para-hydroxylation sites is 1. The Labute approximate surface area is 119 Å². The molecule has 0 atom stereocenters. The normalized spacial score (nSPS) is 10.6. The van der Waals surface area contributed by atoms with E-state index in [9.17, 15) is 9.36 Å². The fraction of sp³-hybridized carbons (Fsp3) is 0.188. The van der Waals surface area contributed by atoms with Gasteiger partial charge in [-0.25, -0.2) is 0 Å². The molecule has 0 saturated heterocycles. The molecule has 20 heavy (non-hydrogen) atoms. The van der Waals surface area contributed by atoms with Gasteiger partial charge in [-0.05, 0) is 37.1 Å². The lowest BCUT2D eigenvalue weighted by molar-refractivity contribution is 0.103. The predicted molar refractivity (Wildman–Crippen MR) is 79.6 cm³/mol. The van der Waals surface area contributed by atoms with Gasteiger partial charge in [-0.3, -0.25) is 9.36 Å². The van der Waals surface area contributed by atoms with E-state index in [1.807, 2.05) is 32.0 Å². The third-order valence-corrected chi connectivity index (χ3v) is 3.80. The van der Waals surface area contributed by atoms with Crippen LogP contribution in [0.5, 0.6) is 5.75 Å². The largest absolute Gasteiger partial charge is 0.495 e. The highest BCUT2D eigenvalue weighted by molar-refractivity contribution is 7.34. The van der Waals surface area contributed by atoms with E-state index in [4.69, 9.17) is 4.74 Å². The van der Waals surface area contributed by atoms with Crippen LogP contribution in [0.2, 0.25) is 0 Å². The summed E-state index contributed by atoms with van der Waals surface area (Å²) in [6.45, 7) is 3.81. The summed E-state index contributed by atoms with van der Waals surface area (Å²) in [5, 5.41) is 0.476. The first-order valence-electron chi connectivity index (χ1n) is 6.21. The number of carbonyl (C=O) groups is 1. The molecule has 0 heterocycles. The lowest BCUT2D eigenvalue weighted by atomic mass is 9.94. The van der Waals surface area contributed by atoms with E-state index < -0.39 is 0 Å². The second-order valence-corrected chi connectivity index (χ2v) is 5.21. The maximum atomic E-state index is 12.8. The standard InChI is InChI=1S/C16H15O3P/c1-10-6-4-7-11(2)14(10)15(17)12-8-5-9-13(20-18)16(12)19-3/h4-9H,1-3H3. The summed E-state index contributed by atoms with van der Waals surface area (Å²) in [6.07, 6.45) is 0. The summed E-state index contributed by atoms with van der Waals surface area (Å²) in [5.74, 6) is 0.264. The van der Waals surface area contributed by atoms with Crippen LogP contribution in [0.3, 0.4) is 0 Å². The van der Waals surface area contributed by atoms with Gasteiger partial charge in [0.25, 0.3) is 0 Å². The Morgan fingerprint density at radius 2 is 1.65 bits per heavy atom. The average Bonchev–Trinajstić information content (AvgIpc) is 2.45. The van der Waals surface area contributed by atoms with Crippen molar-refractivity contribution in [2.24, 2.45) is 0 Å². The molecule has 0 saturated carbocycles. The quantitative estimate of drug-likeness (QED) is 0.638. The zero-order valence-electron chi connectivity index (χ0n) is 11.6. The van der Waals surface area contributed by atoms with Crippen molar-refractivity contribution in [3.63, 3.8) is 0 Å². The second kappa shape index (κ2) is 5.98. The van der Waals surface area contributed by atoms with Crippen LogP contribution in [0.15, 0.2) is 36.4 Å². The Morgan fingerprint density at radius 3 is 2.20 bits per heavy atom. The lowest BCUT2D eigenvalue weighted by Gasteiger charge is -2.12. The number of aryl methyl sites for hydroxylation is 2. The molecule has 2 rings (SSSR count). The minimum Gasteiger partial charge on any atom is -0.495 e. The van der Waals surface area contributed by atoms with Gasteiger partial charge in [-0.1, -0.05) is 24.3 Å². The van der Waals surface area contributed by atoms with Crippen molar-refractivity contribution in [2.45, 2.75) is 13.8 Å². The van der Waals surface area contributed by atoms with Gasteiger partial charge in [-0.2, -0.15) is 0 Å². The van der Waals surface area contributed by atoms with Crippen LogP contribution >= 0.6 is 8.46 Å². The molecule has 0 aliphatic heterocycles. The summed E-state index contributed by atoms with van der Waals surface area (Å²) < 4.78 is 16.4. The van der Waals surface area contributed by atoms with E-state index in [1.54, 1.807) is 18.2 Å². The molecule has 0 aromatic heterocycles. The highest BCUT2D eigenvalue weighted by Crippen LogP contribution is 2.25. The van der Waals surface area contributed by atoms with E-state index in [0.717, 1.165) is 11.1 Å².